The van der Waals surface area contributed by atoms with Crippen LogP contribution in [0.5, 0.6) is 0 Å². The first-order valence-corrected chi connectivity index (χ1v) is 3.54. The van der Waals surface area contributed by atoms with Crippen LogP contribution < -0.4 is 0 Å². The normalized spacial score (nSPS) is 39.0. The molecule has 3 heteroatoms. The summed E-state index contributed by atoms with van der Waals surface area (Å²) in [6.07, 6.45) is 0.553. The maximum absolute atomic E-state index is 13.0. The molecule has 0 saturated carbocycles. The molecular weight excluding hydrogens is 133 g/mol. The van der Waals surface area contributed by atoms with E-state index in [0.29, 0.717) is 6.54 Å². The molecule has 1 fully saturated rings. The molecule has 0 aliphatic carbocycles. The van der Waals surface area contributed by atoms with Crippen molar-refractivity contribution in [3.63, 3.8) is 0 Å². The maximum Gasteiger partial charge on any atom is 0.132 e. The summed E-state index contributed by atoms with van der Waals surface area (Å²) in [6, 6.07) is 0. The van der Waals surface area contributed by atoms with E-state index < -0.39 is 0 Å². The summed E-state index contributed by atoms with van der Waals surface area (Å²) < 4.78 is 13.0. The van der Waals surface area contributed by atoms with Crippen LogP contribution in [0, 0.1) is 0 Å². The van der Waals surface area contributed by atoms with E-state index in [9.17, 15) is 4.39 Å². The molecule has 56 valence electrons. The Balaban J connectivity index is 2.28. The van der Waals surface area contributed by atoms with Crippen molar-refractivity contribution in [2.75, 3.05) is 13.1 Å². The number of nitrogens with zero attached hydrogens (tertiary/aromatic N) is 1. The van der Waals surface area contributed by atoms with Gasteiger partial charge < -0.3 is 0 Å². The zero-order valence-corrected chi connectivity index (χ0v) is 5.93. The summed E-state index contributed by atoms with van der Waals surface area (Å²) >= 11 is 0. The van der Waals surface area contributed by atoms with Crippen LogP contribution in [0.3, 0.4) is 0 Å². The quantitative estimate of drug-likeness (QED) is 0.506. The summed E-state index contributed by atoms with van der Waals surface area (Å²) in [5.41, 5.74) is 0.828. The Bertz CT molecular complexity index is 190. The first-order valence-electron chi connectivity index (χ1n) is 3.54. The van der Waals surface area contributed by atoms with Gasteiger partial charge in [0.05, 0.1) is 0 Å². The van der Waals surface area contributed by atoms with E-state index in [1.165, 1.54) is 0 Å². The molecule has 2 bridgehead atoms. The first kappa shape index (κ1) is 6.31. The Labute approximate surface area is 59.2 Å². The average molecular weight is 143 g/mol. The predicted octanol–water partition coefficient (Wildman–Crippen LogP) is 1.25. The highest BCUT2D eigenvalue weighted by molar-refractivity contribution is 5.15. The topological polar surface area (TPSA) is 12.5 Å². The van der Waals surface area contributed by atoms with E-state index in [2.05, 4.69) is 0 Å². The van der Waals surface area contributed by atoms with Crippen LogP contribution in [-0.4, -0.2) is 24.3 Å². The highest BCUT2D eigenvalue weighted by atomic mass is 19.1. The molecule has 2 aliphatic rings. The molecular formula is C7H10FNO. The fourth-order valence-electron chi connectivity index (χ4n) is 1.45. The molecule has 2 aliphatic heterocycles. The molecule has 0 aromatic rings. The fraction of sp³-hybridized carbons (Fsp3) is 0.714. The van der Waals surface area contributed by atoms with E-state index in [-0.39, 0.29) is 11.9 Å². The van der Waals surface area contributed by atoms with Gasteiger partial charge in [-0.15, -0.1) is 0 Å². The largest absolute Gasteiger partial charge is 0.288 e. The Hall–Kier alpha value is -0.410. The smallest absolute Gasteiger partial charge is 0.132 e. The number of hydroxylamine groups is 2. The third-order valence-electron chi connectivity index (χ3n) is 2.02. The standard InChI is InChI=1S/C7H10FNO/c1-5-4-9-3-2-6(10-9)7(5)8/h6H,2-4H2,1H3. The monoisotopic (exact) mass is 143 g/mol. The Morgan fingerprint density at radius 3 is 3.30 bits per heavy atom. The maximum atomic E-state index is 13.0. The number of rotatable bonds is 0. The Morgan fingerprint density at radius 1 is 1.70 bits per heavy atom. The molecule has 0 aromatic carbocycles. The molecule has 2 nitrogen and oxygen atoms in total. The van der Waals surface area contributed by atoms with Gasteiger partial charge in [0.25, 0.3) is 0 Å². The van der Waals surface area contributed by atoms with Crippen LogP contribution in [0.2, 0.25) is 0 Å². The Kier molecular flexibility index (Phi) is 1.28. The number of fused-ring (bicyclic) bond motifs is 2. The number of hydrogen-bond acceptors (Lipinski definition) is 2. The highest BCUT2D eigenvalue weighted by Gasteiger charge is 2.33. The van der Waals surface area contributed by atoms with Crippen molar-refractivity contribution in [1.29, 1.82) is 0 Å². The van der Waals surface area contributed by atoms with E-state index in [0.717, 1.165) is 18.5 Å². The molecule has 10 heavy (non-hydrogen) atoms. The van der Waals surface area contributed by atoms with Gasteiger partial charge in [-0.1, -0.05) is 0 Å². The summed E-state index contributed by atoms with van der Waals surface area (Å²) in [4.78, 5) is 5.18. The number of hydrogen-bond donors (Lipinski definition) is 0. The Morgan fingerprint density at radius 2 is 2.50 bits per heavy atom. The summed E-state index contributed by atoms with van der Waals surface area (Å²) in [7, 11) is 0. The van der Waals surface area contributed by atoms with Gasteiger partial charge >= 0.3 is 0 Å². The molecule has 2 atom stereocenters. The lowest BCUT2D eigenvalue weighted by atomic mass is 10.2. The SMILES string of the molecule is CC1=C(F)C2CCN(C1)O2. The van der Waals surface area contributed by atoms with Gasteiger partial charge in [0, 0.05) is 13.1 Å². The zero-order valence-electron chi connectivity index (χ0n) is 5.93. The first-order chi connectivity index (χ1) is 4.77. The zero-order chi connectivity index (χ0) is 7.14. The summed E-state index contributed by atoms with van der Waals surface area (Å²) in [5, 5.41) is 1.82. The molecule has 0 amide bonds. The van der Waals surface area contributed by atoms with Crippen molar-refractivity contribution in [2.45, 2.75) is 19.4 Å². The lowest BCUT2D eigenvalue weighted by Gasteiger charge is -2.21. The van der Waals surface area contributed by atoms with Crippen LogP contribution >= 0.6 is 0 Å². The van der Waals surface area contributed by atoms with E-state index in [1.807, 2.05) is 12.0 Å². The van der Waals surface area contributed by atoms with E-state index in [4.69, 9.17) is 4.84 Å². The van der Waals surface area contributed by atoms with Gasteiger partial charge in [0.1, 0.15) is 11.9 Å². The highest BCUT2D eigenvalue weighted by Crippen LogP contribution is 2.29. The van der Waals surface area contributed by atoms with Crippen LogP contribution in [0.25, 0.3) is 0 Å². The van der Waals surface area contributed by atoms with Gasteiger partial charge in [-0.3, -0.25) is 4.84 Å². The molecule has 2 rings (SSSR count). The predicted molar refractivity (Wildman–Crippen MR) is 34.9 cm³/mol. The second kappa shape index (κ2) is 2.04. The minimum atomic E-state index is -0.256. The lowest BCUT2D eigenvalue weighted by Crippen LogP contribution is -2.27. The van der Waals surface area contributed by atoms with E-state index in [1.54, 1.807) is 0 Å². The summed E-state index contributed by atoms with van der Waals surface area (Å²) in [5.74, 6) is -0.0475. The molecule has 0 N–H and O–H groups in total. The van der Waals surface area contributed by atoms with Gasteiger partial charge in [0.15, 0.2) is 0 Å². The van der Waals surface area contributed by atoms with Crippen molar-refractivity contribution in [1.82, 2.24) is 5.06 Å². The molecule has 1 saturated heterocycles. The number of halogens is 1. The minimum Gasteiger partial charge on any atom is -0.288 e. The van der Waals surface area contributed by atoms with Gasteiger partial charge in [-0.25, -0.2) is 4.39 Å². The summed E-state index contributed by atoms with van der Waals surface area (Å²) in [6.45, 7) is 3.33. The van der Waals surface area contributed by atoms with Crippen LogP contribution in [0.15, 0.2) is 11.4 Å². The lowest BCUT2D eigenvalue weighted by molar-refractivity contribution is -0.143. The molecule has 0 aromatic heterocycles. The third kappa shape index (κ3) is 0.777. The van der Waals surface area contributed by atoms with Crippen LogP contribution in [-0.2, 0) is 4.84 Å². The van der Waals surface area contributed by atoms with Gasteiger partial charge in [0.2, 0.25) is 0 Å². The van der Waals surface area contributed by atoms with Crippen molar-refractivity contribution in [3.05, 3.63) is 11.4 Å². The molecule has 2 unspecified atom stereocenters. The molecule has 0 radical (unpaired) electrons. The van der Waals surface area contributed by atoms with E-state index >= 15 is 0 Å². The van der Waals surface area contributed by atoms with Gasteiger partial charge in [-0.05, 0) is 18.9 Å². The average Bonchev–Trinajstić information content (AvgIpc) is 2.29. The van der Waals surface area contributed by atoms with Crippen molar-refractivity contribution >= 4 is 0 Å². The molecule has 0 spiro atoms. The second-order valence-corrected chi connectivity index (χ2v) is 2.87. The van der Waals surface area contributed by atoms with Crippen molar-refractivity contribution in [3.8, 4) is 0 Å². The minimum absolute atomic E-state index is 0.0475. The van der Waals surface area contributed by atoms with Crippen LogP contribution in [0.1, 0.15) is 13.3 Å². The second-order valence-electron chi connectivity index (χ2n) is 2.87. The van der Waals surface area contributed by atoms with Crippen molar-refractivity contribution < 1.29 is 9.23 Å². The van der Waals surface area contributed by atoms with Crippen molar-refractivity contribution in [2.24, 2.45) is 0 Å². The fourth-order valence-corrected chi connectivity index (χ4v) is 1.45. The van der Waals surface area contributed by atoms with Crippen LogP contribution in [0.4, 0.5) is 4.39 Å². The van der Waals surface area contributed by atoms with Gasteiger partial charge in [-0.2, -0.15) is 5.06 Å². The molecule has 2 heterocycles. The third-order valence-corrected chi connectivity index (χ3v) is 2.02.